The van der Waals surface area contributed by atoms with Gasteiger partial charge in [0.2, 0.25) is 5.78 Å². The van der Waals surface area contributed by atoms with Crippen molar-refractivity contribution in [3.05, 3.63) is 68.9 Å². The smallest absolute Gasteiger partial charge is 0.270 e. The average Bonchev–Trinajstić information content (AvgIpc) is 2.92. The Balaban J connectivity index is 2.23. The van der Waals surface area contributed by atoms with E-state index in [1.807, 2.05) is 6.92 Å². The maximum Gasteiger partial charge on any atom is 0.270 e. The SMILES string of the molecule is Cc1c(CN)ccc(Cl)c1C(=O)c1cc2c(C)cc(C(C)(F)F)cc2n1C. The molecule has 1 aromatic heterocycles. The van der Waals surface area contributed by atoms with Gasteiger partial charge in [-0.05, 0) is 54.8 Å². The van der Waals surface area contributed by atoms with E-state index in [0.29, 0.717) is 33.9 Å². The fourth-order valence-electron chi connectivity index (χ4n) is 3.43. The number of aromatic nitrogens is 1. The predicted octanol–water partition coefficient (Wildman–Crippen LogP) is 5.25. The lowest BCUT2D eigenvalue weighted by molar-refractivity contribution is 0.0175. The summed E-state index contributed by atoms with van der Waals surface area (Å²) in [6.45, 7) is 4.74. The molecule has 2 aromatic carbocycles. The number of hydrogen-bond acceptors (Lipinski definition) is 2. The lowest BCUT2D eigenvalue weighted by Gasteiger charge is -2.13. The van der Waals surface area contributed by atoms with Gasteiger partial charge in [-0.2, -0.15) is 0 Å². The Morgan fingerprint density at radius 3 is 2.48 bits per heavy atom. The van der Waals surface area contributed by atoms with Crippen molar-refractivity contribution >= 4 is 28.3 Å². The van der Waals surface area contributed by atoms with E-state index in [0.717, 1.165) is 23.4 Å². The average molecular weight is 391 g/mol. The number of hydrogen-bond donors (Lipinski definition) is 1. The minimum absolute atomic E-state index is 0.0768. The lowest BCUT2D eigenvalue weighted by atomic mass is 9.97. The predicted molar refractivity (Wildman–Crippen MR) is 105 cm³/mol. The van der Waals surface area contributed by atoms with Crippen LogP contribution in [0.3, 0.4) is 0 Å². The molecular weight excluding hydrogens is 370 g/mol. The van der Waals surface area contributed by atoms with Crippen molar-refractivity contribution < 1.29 is 13.6 Å². The van der Waals surface area contributed by atoms with E-state index < -0.39 is 5.92 Å². The molecule has 3 nitrogen and oxygen atoms in total. The molecule has 2 N–H and O–H groups in total. The van der Waals surface area contributed by atoms with Gasteiger partial charge in [0, 0.05) is 42.5 Å². The molecule has 0 fully saturated rings. The molecule has 0 aliphatic carbocycles. The molecule has 0 amide bonds. The molecule has 0 radical (unpaired) electrons. The number of ketones is 1. The summed E-state index contributed by atoms with van der Waals surface area (Å²) in [4.78, 5) is 13.2. The number of carbonyl (C=O) groups is 1. The lowest BCUT2D eigenvalue weighted by Crippen LogP contribution is -2.12. The number of fused-ring (bicyclic) bond motifs is 1. The van der Waals surface area contributed by atoms with Gasteiger partial charge in [-0.15, -0.1) is 0 Å². The minimum Gasteiger partial charge on any atom is -0.341 e. The molecule has 27 heavy (non-hydrogen) atoms. The third kappa shape index (κ3) is 3.26. The van der Waals surface area contributed by atoms with Crippen LogP contribution in [0, 0.1) is 13.8 Å². The normalized spacial score (nSPS) is 12.0. The van der Waals surface area contributed by atoms with Gasteiger partial charge in [-0.25, -0.2) is 8.78 Å². The molecule has 6 heteroatoms. The third-order valence-corrected chi connectivity index (χ3v) is 5.40. The van der Waals surface area contributed by atoms with Crippen molar-refractivity contribution in [1.29, 1.82) is 0 Å². The Morgan fingerprint density at radius 2 is 1.89 bits per heavy atom. The summed E-state index contributed by atoms with van der Waals surface area (Å²) in [5, 5.41) is 1.11. The van der Waals surface area contributed by atoms with Gasteiger partial charge >= 0.3 is 0 Å². The molecular formula is C21H21ClF2N2O. The molecule has 0 unspecified atom stereocenters. The Bertz CT molecular complexity index is 1060. The van der Waals surface area contributed by atoms with Crippen molar-refractivity contribution in [2.24, 2.45) is 12.8 Å². The highest BCUT2D eigenvalue weighted by Crippen LogP contribution is 2.34. The molecule has 142 valence electrons. The Hall–Kier alpha value is -2.24. The van der Waals surface area contributed by atoms with Crippen molar-refractivity contribution in [3.63, 3.8) is 0 Å². The topological polar surface area (TPSA) is 48.0 Å². The summed E-state index contributed by atoms with van der Waals surface area (Å²) in [6.07, 6.45) is 0. The van der Waals surface area contributed by atoms with E-state index in [2.05, 4.69) is 0 Å². The van der Waals surface area contributed by atoms with Crippen LogP contribution >= 0.6 is 11.6 Å². The number of halogens is 3. The molecule has 0 aliphatic heterocycles. The molecule has 0 saturated heterocycles. The number of aryl methyl sites for hydroxylation is 2. The van der Waals surface area contributed by atoms with E-state index in [-0.39, 0.29) is 11.3 Å². The number of alkyl halides is 2. The van der Waals surface area contributed by atoms with E-state index in [4.69, 9.17) is 17.3 Å². The van der Waals surface area contributed by atoms with E-state index in [1.165, 1.54) is 12.1 Å². The first-order valence-electron chi connectivity index (χ1n) is 8.57. The molecule has 0 atom stereocenters. The van der Waals surface area contributed by atoms with Gasteiger partial charge in [0.15, 0.2) is 0 Å². The van der Waals surface area contributed by atoms with Crippen LogP contribution in [0.5, 0.6) is 0 Å². The highest BCUT2D eigenvalue weighted by atomic mass is 35.5. The second-order valence-electron chi connectivity index (χ2n) is 6.94. The Kier molecular flexibility index (Phi) is 4.87. The van der Waals surface area contributed by atoms with Crippen LogP contribution in [0.1, 0.15) is 45.2 Å². The molecule has 1 heterocycles. The van der Waals surface area contributed by atoms with Crippen LogP contribution in [0.15, 0.2) is 30.3 Å². The number of rotatable bonds is 4. The summed E-state index contributed by atoms with van der Waals surface area (Å²) in [6, 6.07) is 8.09. The molecule has 0 spiro atoms. The van der Waals surface area contributed by atoms with Gasteiger partial charge in [-0.3, -0.25) is 4.79 Å². The number of nitrogens with zero attached hydrogens (tertiary/aromatic N) is 1. The fourth-order valence-corrected chi connectivity index (χ4v) is 3.72. The largest absolute Gasteiger partial charge is 0.341 e. The van der Waals surface area contributed by atoms with Crippen molar-refractivity contribution in [3.8, 4) is 0 Å². The summed E-state index contributed by atoms with van der Waals surface area (Å²) >= 11 is 6.30. The van der Waals surface area contributed by atoms with E-state index >= 15 is 0 Å². The summed E-state index contributed by atoms with van der Waals surface area (Å²) in [7, 11) is 1.70. The Morgan fingerprint density at radius 1 is 1.22 bits per heavy atom. The second-order valence-corrected chi connectivity index (χ2v) is 7.35. The zero-order chi connectivity index (χ0) is 20.1. The second kappa shape index (κ2) is 6.73. The highest BCUT2D eigenvalue weighted by molar-refractivity contribution is 6.35. The van der Waals surface area contributed by atoms with Crippen molar-refractivity contribution in [1.82, 2.24) is 4.57 Å². The monoisotopic (exact) mass is 390 g/mol. The van der Waals surface area contributed by atoms with Gasteiger partial charge < -0.3 is 10.3 Å². The molecule has 3 rings (SSSR count). The van der Waals surface area contributed by atoms with Crippen LogP contribution < -0.4 is 5.73 Å². The molecule has 0 saturated carbocycles. The van der Waals surface area contributed by atoms with Crippen LogP contribution in [-0.2, 0) is 19.5 Å². The zero-order valence-electron chi connectivity index (χ0n) is 15.7. The maximum atomic E-state index is 13.8. The quantitative estimate of drug-likeness (QED) is 0.618. The number of carbonyl (C=O) groups excluding carboxylic acids is 1. The first-order valence-corrected chi connectivity index (χ1v) is 8.95. The minimum atomic E-state index is -2.96. The van der Waals surface area contributed by atoms with Crippen LogP contribution in [-0.4, -0.2) is 10.4 Å². The van der Waals surface area contributed by atoms with Gasteiger partial charge in [0.25, 0.3) is 5.92 Å². The summed E-state index contributed by atoms with van der Waals surface area (Å²) < 4.78 is 29.3. The summed E-state index contributed by atoms with van der Waals surface area (Å²) in [5.41, 5.74) is 9.30. The summed E-state index contributed by atoms with van der Waals surface area (Å²) in [5.74, 6) is -3.21. The van der Waals surface area contributed by atoms with Crippen molar-refractivity contribution in [2.75, 3.05) is 0 Å². The van der Waals surface area contributed by atoms with E-state index in [1.54, 1.807) is 36.7 Å². The van der Waals surface area contributed by atoms with Crippen LogP contribution in [0.4, 0.5) is 8.78 Å². The van der Waals surface area contributed by atoms with E-state index in [9.17, 15) is 13.6 Å². The van der Waals surface area contributed by atoms with Crippen LogP contribution in [0.2, 0.25) is 5.02 Å². The highest BCUT2D eigenvalue weighted by Gasteiger charge is 2.27. The molecule has 0 aliphatic rings. The zero-order valence-corrected chi connectivity index (χ0v) is 16.4. The maximum absolute atomic E-state index is 13.8. The number of nitrogens with two attached hydrogens (primary N) is 1. The van der Waals surface area contributed by atoms with Crippen molar-refractivity contribution in [2.45, 2.75) is 33.2 Å². The fraction of sp³-hybridized carbons (Fsp3) is 0.286. The van der Waals surface area contributed by atoms with Gasteiger partial charge in [-0.1, -0.05) is 17.7 Å². The Labute approximate surface area is 161 Å². The first kappa shape index (κ1) is 19.5. The third-order valence-electron chi connectivity index (χ3n) is 5.08. The molecule has 3 aromatic rings. The van der Waals surface area contributed by atoms with Crippen LogP contribution in [0.25, 0.3) is 10.9 Å². The van der Waals surface area contributed by atoms with Gasteiger partial charge in [0.05, 0.1) is 10.7 Å². The standard InChI is InChI=1S/C21H21ClF2N2O/c1-11-7-14(21(3,23)24)8-17-15(11)9-18(26(17)4)20(27)19-12(2)13(10-25)5-6-16(19)22/h5-9H,10,25H2,1-4H3. The van der Waals surface area contributed by atoms with Gasteiger partial charge in [0.1, 0.15) is 0 Å². The molecule has 0 bridgehead atoms. The number of benzene rings is 2. The first-order chi connectivity index (χ1) is 12.6.